The monoisotopic (exact) mass is 400 g/mol. The number of guanidine groups is 1. The molecule has 29 heavy (non-hydrogen) atoms. The standard InChI is InChI=1S/C22H36N6O/c1-3-26-13-15-27(16-14-26)12-8-7-11-24-22(23-2)25-19-17-21(29)28(18-19)20-9-5-4-6-10-20/h4-6,9-10,19H,3,7-8,11-18H2,1-2H3,(H2,23,24,25). The number of amides is 1. The van der Waals surface area contributed by atoms with Gasteiger partial charge in [-0.15, -0.1) is 0 Å². The number of carbonyl (C=O) groups excluding carboxylic acids is 1. The first-order valence-electron chi connectivity index (χ1n) is 11.0. The highest BCUT2D eigenvalue weighted by Gasteiger charge is 2.31. The van der Waals surface area contributed by atoms with Gasteiger partial charge in [-0.25, -0.2) is 0 Å². The number of benzene rings is 1. The third-order valence-electron chi connectivity index (χ3n) is 5.86. The number of carbonyl (C=O) groups is 1. The van der Waals surface area contributed by atoms with Gasteiger partial charge in [0.25, 0.3) is 0 Å². The van der Waals surface area contributed by atoms with E-state index >= 15 is 0 Å². The van der Waals surface area contributed by atoms with Gasteiger partial charge in [-0.3, -0.25) is 9.79 Å². The average molecular weight is 401 g/mol. The highest BCUT2D eigenvalue weighted by Crippen LogP contribution is 2.20. The molecule has 0 bridgehead atoms. The van der Waals surface area contributed by atoms with Crippen LogP contribution >= 0.6 is 0 Å². The fraction of sp³-hybridized carbons (Fsp3) is 0.636. The third-order valence-corrected chi connectivity index (χ3v) is 5.86. The Morgan fingerprint density at radius 3 is 2.52 bits per heavy atom. The highest BCUT2D eigenvalue weighted by atomic mass is 16.2. The van der Waals surface area contributed by atoms with E-state index < -0.39 is 0 Å². The molecule has 0 spiro atoms. The Bertz CT molecular complexity index is 657. The lowest BCUT2D eigenvalue weighted by Crippen LogP contribution is -2.46. The summed E-state index contributed by atoms with van der Waals surface area (Å²) >= 11 is 0. The number of nitrogens with one attached hydrogen (secondary N) is 2. The molecular weight excluding hydrogens is 364 g/mol. The van der Waals surface area contributed by atoms with E-state index in [9.17, 15) is 4.79 Å². The molecule has 2 aliphatic heterocycles. The number of likely N-dealkylation sites (N-methyl/N-ethyl adjacent to an activating group) is 1. The van der Waals surface area contributed by atoms with Crippen LogP contribution in [0.5, 0.6) is 0 Å². The Labute approximate surface area is 175 Å². The number of hydrogen-bond donors (Lipinski definition) is 2. The zero-order chi connectivity index (χ0) is 20.5. The fourth-order valence-electron chi connectivity index (χ4n) is 4.05. The number of anilines is 1. The van der Waals surface area contributed by atoms with Crippen molar-refractivity contribution >= 4 is 17.6 Å². The number of unbranched alkanes of at least 4 members (excludes halogenated alkanes) is 1. The van der Waals surface area contributed by atoms with Crippen LogP contribution in [0, 0.1) is 0 Å². The molecule has 160 valence electrons. The predicted octanol–water partition coefficient (Wildman–Crippen LogP) is 1.37. The molecular formula is C22H36N6O. The largest absolute Gasteiger partial charge is 0.356 e. The minimum atomic E-state index is 0.0868. The number of piperazine rings is 1. The molecule has 7 heteroatoms. The Hall–Kier alpha value is -2.12. The molecule has 2 aliphatic rings. The summed E-state index contributed by atoms with van der Waals surface area (Å²) < 4.78 is 0. The summed E-state index contributed by atoms with van der Waals surface area (Å²) in [5, 5.41) is 6.81. The van der Waals surface area contributed by atoms with Crippen molar-refractivity contribution in [3.63, 3.8) is 0 Å². The van der Waals surface area contributed by atoms with Crippen molar-refractivity contribution in [2.24, 2.45) is 4.99 Å². The van der Waals surface area contributed by atoms with Crippen molar-refractivity contribution in [1.82, 2.24) is 20.4 Å². The summed E-state index contributed by atoms with van der Waals surface area (Å²) in [7, 11) is 1.79. The van der Waals surface area contributed by atoms with Crippen LogP contribution in [0.4, 0.5) is 5.69 Å². The van der Waals surface area contributed by atoms with Gasteiger partial charge in [0.2, 0.25) is 5.91 Å². The van der Waals surface area contributed by atoms with Crippen LogP contribution in [-0.2, 0) is 4.79 Å². The van der Waals surface area contributed by atoms with Crippen LogP contribution in [0.2, 0.25) is 0 Å². The lowest BCUT2D eigenvalue weighted by Gasteiger charge is -2.34. The topological polar surface area (TPSA) is 63.2 Å². The van der Waals surface area contributed by atoms with E-state index in [0.717, 1.165) is 24.6 Å². The van der Waals surface area contributed by atoms with Crippen LogP contribution in [0.1, 0.15) is 26.2 Å². The van der Waals surface area contributed by atoms with Gasteiger partial charge < -0.3 is 25.3 Å². The first-order valence-corrected chi connectivity index (χ1v) is 11.0. The Balaban J connectivity index is 1.32. The van der Waals surface area contributed by atoms with E-state index in [4.69, 9.17) is 0 Å². The normalized spacial score (nSPS) is 21.6. The molecule has 0 saturated carbocycles. The van der Waals surface area contributed by atoms with Crippen molar-refractivity contribution in [2.75, 3.05) is 64.3 Å². The van der Waals surface area contributed by atoms with Crippen molar-refractivity contribution in [3.05, 3.63) is 30.3 Å². The van der Waals surface area contributed by atoms with Crippen LogP contribution < -0.4 is 15.5 Å². The number of hydrogen-bond acceptors (Lipinski definition) is 4. The minimum Gasteiger partial charge on any atom is -0.356 e. The van der Waals surface area contributed by atoms with Crippen LogP contribution in [0.3, 0.4) is 0 Å². The van der Waals surface area contributed by atoms with E-state index in [1.807, 2.05) is 35.2 Å². The van der Waals surface area contributed by atoms with Crippen LogP contribution in [0.15, 0.2) is 35.3 Å². The van der Waals surface area contributed by atoms with Gasteiger partial charge in [0.1, 0.15) is 0 Å². The first kappa shape index (κ1) is 21.6. The van der Waals surface area contributed by atoms with Gasteiger partial charge in [0.05, 0.1) is 6.04 Å². The van der Waals surface area contributed by atoms with Crippen molar-refractivity contribution in [1.29, 1.82) is 0 Å². The fourth-order valence-corrected chi connectivity index (χ4v) is 4.05. The summed E-state index contributed by atoms with van der Waals surface area (Å²) in [5.74, 6) is 0.946. The van der Waals surface area contributed by atoms with Gasteiger partial charge in [-0.1, -0.05) is 25.1 Å². The second-order valence-corrected chi connectivity index (χ2v) is 7.87. The summed E-state index contributed by atoms with van der Waals surface area (Å²) in [6, 6.07) is 9.95. The molecule has 3 rings (SSSR count). The van der Waals surface area contributed by atoms with E-state index in [-0.39, 0.29) is 11.9 Å². The Morgan fingerprint density at radius 1 is 1.10 bits per heavy atom. The second kappa shape index (κ2) is 11.2. The Kier molecular flexibility index (Phi) is 8.31. The molecule has 1 aromatic carbocycles. The molecule has 1 unspecified atom stereocenters. The molecule has 0 aromatic heterocycles. The molecule has 0 aliphatic carbocycles. The smallest absolute Gasteiger partial charge is 0.229 e. The lowest BCUT2D eigenvalue weighted by molar-refractivity contribution is -0.117. The van der Waals surface area contributed by atoms with Gasteiger partial charge in [0.15, 0.2) is 5.96 Å². The Morgan fingerprint density at radius 2 is 1.83 bits per heavy atom. The van der Waals surface area contributed by atoms with Crippen molar-refractivity contribution in [3.8, 4) is 0 Å². The van der Waals surface area contributed by atoms with Crippen molar-refractivity contribution in [2.45, 2.75) is 32.2 Å². The molecule has 7 nitrogen and oxygen atoms in total. The molecule has 2 heterocycles. The summed E-state index contributed by atoms with van der Waals surface area (Å²) in [4.78, 5) is 23.6. The molecule has 1 atom stereocenters. The zero-order valence-electron chi connectivity index (χ0n) is 17.9. The van der Waals surface area contributed by atoms with E-state index in [0.29, 0.717) is 13.0 Å². The van der Waals surface area contributed by atoms with Crippen molar-refractivity contribution < 1.29 is 4.79 Å². The second-order valence-electron chi connectivity index (χ2n) is 7.87. The van der Waals surface area contributed by atoms with Gasteiger partial charge in [0, 0.05) is 58.4 Å². The maximum Gasteiger partial charge on any atom is 0.229 e. The number of para-hydroxylation sites is 1. The van der Waals surface area contributed by atoms with Crippen LogP contribution in [-0.4, -0.2) is 87.1 Å². The molecule has 1 amide bonds. The van der Waals surface area contributed by atoms with Gasteiger partial charge >= 0.3 is 0 Å². The van der Waals surface area contributed by atoms with Crippen LogP contribution in [0.25, 0.3) is 0 Å². The maximum atomic E-state index is 12.4. The third kappa shape index (κ3) is 6.44. The minimum absolute atomic E-state index is 0.0868. The summed E-state index contributed by atoms with van der Waals surface area (Å²) in [6.07, 6.45) is 2.81. The number of aliphatic imine (C=N–C) groups is 1. The average Bonchev–Trinajstić information content (AvgIpc) is 3.13. The molecule has 1 aromatic rings. The maximum absolute atomic E-state index is 12.4. The van der Waals surface area contributed by atoms with Gasteiger partial charge in [-0.2, -0.15) is 0 Å². The molecule has 2 N–H and O–H groups in total. The molecule has 2 saturated heterocycles. The van der Waals surface area contributed by atoms with E-state index in [1.165, 1.54) is 45.7 Å². The SMILES string of the molecule is CCN1CCN(CCCCNC(=NC)NC2CC(=O)N(c3ccccc3)C2)CC1. The zero-order valence-corrected chi connectivity index (χ0v) is 17.9. The van der Waals surface area contributed by atoms with E-state index in [1.54, 1.807) is 7.05 Å². The highest BCUT2D eigenvalue weighted by molar-refractivity contribution is 5.97. The lowest BCUT2D eigenvalue weighted by atomic mass is 10.2. The molecule has 2 fully saturated rings. The first-order chi connectivity index (χ1) is 14.2. The quantitative estimate of drug-likeness (QED) is 0.392. The number of nitrogens with zero attached hydrogens (tertiary/aromatic N) is 4. The summed E-state index contributed by atoms with van der Waals surface area (Å²) in [5.41, 5.74) is 0.963. The van der Waals surface area contributed by atoms with E-state index in [2.05, 4.69) is 32.3 Å². The summed E-state index contributed by atoms with van der Waals surface area (Å²) in [6.45, 7) is 10.9. The van der Waals surface area contributed by atoms with Gasteiger partial charge in [-0.05, 0) is 38.1 Å². The predicted molar refractivity (Wildman–Crippen MR) is 119 cm³/mol. The molecule has 0 radical (unpaired) electrons. The number of rotatable bonds is 8.